The molecule has 0 N–H and O–H groups in total. The van der Waals surface area contributed by atoms with Crippen molar-refractivity contribution in [2.24, 2.45) is 0 Å². The van der Waals surface area contributed by atoms with Gasteiger partial charge in [0, 0.05) is 25.1 Å². The fraction of sp³-hybridized carbons (Fsp3) is 0.375. The summed E-state index contributed by atoms with van der Waals surface area (Å²) < 4.78 is 11.1. The van der Waals surface area contributed by atoms with Crippen molar-refractivity contribution in [3.8, 4) is 17.1 Å². The third kappa shape index (κ3) is 4.37. The Morgan fingerprint density at radius 1 is 1.13 bits per heavy atom. The van der Waals surface area contributed by atoms with Gasteiger partial charge in [-0.05, 0) is 55.2 Å². The summed E-state index contributed by atoms with van der Waals surface area (Å²) in [5, 5.41) is 4.14. The fourth-order valence-corrected chi connectivity index (χ4v) is 3.62. The number of hydrogen-bond acceptors (Lipinski definition) is 5. The van der Waals surface area contributed by atoms with Crippen LogP contribution in [0.25, 0.3) is 11.4 Å². The maximum atomic E-state index is 12.5. The molecule has 1 aromatic heterocycles. The van der Waals surface area contributed by atoms with E-state index in [0.717, 1.165) is 23.3 Å². The minimum absolute atomic E-state index is 0.0718. The second kappa shape index (κ2) is 8.69. The number of aromatic nitrogens is 2. The zero-order valence-corrected chi connectivity index (χ0v) is 17.7. The van der Waals surface area contributed by atoms with Gasteiger partial charge in [0.25, 0.3) is 0 Å². The molecule has 1 unspecified atom stereocenters. The molecule has 0 radical (unpaired) electrons. The molecule has 0 bridgehead atoms. The molecule has 1 aliphatic rings. The lowest BCUT2D eigenvalue weighted by atomic mass is 10.1. The highest BCUT2D eigenvalue weighted by molar-refractivity contribution is 5.79. The van der Waals surface area contributed by atoms with E-state index >= 15 is 0 Å². The van der Waals surface area contributed by atoms with E-state index in [1.807, 2.05) is 35.2 Å². The summed E-state index contributed by atoms with van der Waals surface area (Å²) in [6.45, 7) is 8.09. The standard InChI is InChI=1S/C24H27N3O3/c1-4-11-29-21-9-6-18(7-10-21)14-27-15-20(13-22(27)28)24-25-23(26-30-24)19-8-5-16(2)17(3)12-19/h5-10,12,20H,4,11,13-15H2,1-3H3. The van der Waals surface area contributed by atoms with E-state index in [-0.39, 0.29) is 11.8 Å². The number of ether oxygens (including phenoxy) is 1. The molecular formula is C24H27N3O3. The highest BCUT2D eigenvalue weighted by Crippen LogP contribution is 2.30. The molecule has 1 atom stereocenters. The molecule has 0 saturated carbocycles. The molecule has 4 rings (SSSR count). The first-order valence-corrected chi connectivity index (χ1v) is 10.4. The van der Waals surface area contributed by atoms with Gasteiger partial charge in [0.1, 0.15) is 5.75 Å². The Morgan fingerprint density at radius 2 is 1.93 bits per heavy atom. The van der Waals surface area contributed by atoms with Crippen LogP contribution in [0.3, 0.4) is 0 Å². The van der Waals surface area contributed by atoms with Crippen LogP contribution in [0.1, 0.15) is 48.3 Å². The van der Waals surface area contributed by atoms with Crippen molar-refractivity contribution in [3.63, 3.8) is 0 Å². The largest absolute Gasteiger partial charge is 0.494 e. The lowest BCUT2D eigenvalue weighted by Crippen LogP contribution is -2.24. The first kappa shape index (κ1) is 20.1. The van der Waals surface area contributed by atoms with Crippen LogP contribution in [0.4, 0.5) is 0 Å². The third-order valence-electron chi connectivity index (χ3n) is 5.54. The summed E-state index contributed by atoms with van der Waals surface area (Å²) in [7, 11) is 0. The number of aryl methyl sites for hydroxylation is 2. The number of likely N-dealkylation sites (tertiary alicyclic amines) is 1. The van der Waals surface area contributed by atoms with Crippen LogP contribution in [-0.4, -0.2) is 34.1 Å². The summed E-state index contributed by atoms with van der Waals surface area (Å²) in [6, 6.07) is 14.0. The Labute approximate surface area is 176 Å². The fourth-order valence-electron chi connectivity index (χ4n) is 3.62. The Bertz CT molecular complexity index is 1030. The number of carbonyl (C=O) groups is 1. The second-order valence-corrected chi connectivity index (χ2v) is 7.92. The number of rotatable bonds is 7. The number of carbonyl (C=O) groups excluding carboxylic acids is 1. The lowest BCUT2D eigenvalue weighted by Gasteiger charge is -2.16. The number of nitrogens with zero attached hydrogens (tertiary/aromatic N) is 3. The quantitative estimate of drug-likeness (QED) is 0.572. The SMILES string of the molecule is CCCOc1ccc(CN2CC(c3nc(-c4ccc(C)c(C)c4)no3)CC2=O)cc1. The number of benzene rings is 2. The molecule has 1 saturated heterocycles. The number of hydrogen-bond donors (Lipinski definition) is 0. The van der Waals surface area contributed by atoms with Gasteiger partial charge in [0.2, 0.25) is 17.6 Å². The Balaban J connectivity index is 1.41. The van der Waals surface area contributed by atoms with Gasteiger partial charge < -0.3 is 14.2 Å². The molecule has 1 amide bonds. The Morgan fingerprint density at radius 3 is 2.67 bits per heavy atom. The normalized spacial score (nSPS) is 16.3. The predicted molar refractivity (Wildman–Crippen MR) is 114 cm³/mol. The Hall–Kier alpha value is -3.15. The molecule has 2 heterocycles. The monoisotopic (exact) mass is 405 g/mol. The van der Waals surface area contributed by atoms with Gasteiger partial charge >= 0.3 is 0 Å². The van der Waals surface area contributed by atoms with E-state index in [1.54, 1.807) is 0 Å². The summed E-state index contributed by atoms with van der Waals surface area (Å²) in [5.41, 5.74) is 4.42. The summed E-state index contributed by atoms with van der Waals surface area (Å²) in [4.78, 5) is 19.0. The molecule has 0 spiro atoms. The van der Waals surface area contributed by atoms with Gasteiger partial charge in [-0.2, -0.15) is 4.98 Å². The van der Waals surface area contributed by atoms with Gasteiger partial charge in [-0.3, -0.25) is 4.79 Å². The molecule has 6 heteroatoms. The number of amides is 1. The highest BCUT2D eigenvalue weighted by Gasteiger charge is 2.34. The van der Waals surface area contributed by atoms with Crippen molar-refractivity contribution in [3.05, 3.63) is 65.0 Å². The first-order valence-electron chi connectivity index (χ1n) is 10.4. The zero-order valence-electron chi connectivity index (χ0n) is 17.7. The maximum Gasteiger partial charge on any atom is 0.232 e. The molecule has 30 heavy (non-hydrogen) atoms. The molecule has 0 aliphatic carbocycles. The van der Waals surface area contributed by atoms with Crippen molar-refractivity contribution in [2.45, 2.75) is 46.1 Å². The summed E-state index contributed by atoms with van der Waals surface area (Å²) >= 11 is 0. The van der Waals surface area contributed by atoms with E-state index in [1.165, 1.54) is 11.1 Å². The smallest absolute Gasteiger partial charge is 0.232 e. The maximum absolute atomic E-state index is 12.5. The van der Waals surface area contributed by atoms with E-state index in [9.17, 15) is 4.79 Å². The van der Waals surface area contributed by atoms with Crippen LogP contribution in [0.2, 0.25) is 0 Å². The van der Waals surface area contributed by atoms with Gasteiger partial charge in [-0.1, -0.05) is 36.3 Å². The molecule has 2 aromatic carbocycles. The van der Waals surface area contributed by atoms with Crippen molar-refractivity contribution < 1.29 is 14.1 Å². The van der Waals surface area contributed by atoms with Crippen LogP contribution >= 0.6 is 0 Å². The lowest BCUT2D eigenvalue weighted by molar-refractivity contribution is -0.128. The van der Waals surface area contributed by atoms with Crippen LogP contribution in [0.5, 0.6) is 5.75 Å². The second-order valence-electron chi connectivity index (χ2n) is 7.92. The van der Waals surface area contributed by atoms with Crippen LogP contribution in [0, 0.1) is 13.8 Å². The van der Waals surface area contributed by atoms with Gasteiger partial charge in [-0.25, -0.2) is 0 Å². The van der Waals surface area contributed by atoms with Gasteiger partial charge in [0.05, 0.1) is 12.5 Å². The van der Waals surface area contributed by atoms with Gasteiger partial charge in [-0.15, -0.1) is 0 Å². The molecule has 3 aromatic rings. The zero-order chi connectivity index (χ0) is 21.1. The van der Waals surface area contributed by atoms with E-state index < -0.39 is 0 Å². The first-order chi connectivity index (χ1) is 14.5. The van der Waals surface area contributed by atoms with E-state index in [2.05, 4.69) is 43.0 Å². The van der Waals surface area contributed by atoms with Crippen molar-refractivity contribution in [1.82, 2.24) is 15.0 Å². The minimum Gasteiger partial charge on any atom is -0.494 e. The van der Waals surface area contributed by atoms with Gasteiger partial charge in [0.15, 0.2) is 0 Å². The third-order valence-corrected chi connectivity index (χ3v) is 5.54. The predicted octanol–water partition coefficient (Wildman–Crippen LogP) is 4.66. The average molecular weight is 405 g/mol. The van der Waals surface area contributed by atoms with Crippen LogP contribution in [-0.2, 0) is 11.3 Å². The minimum atomic E-state index is -0.0718. The molecule has 1 fully saturated rings. The average Bonchev–Trinajstić information content (AvgIpc) is 3.37. The van der Waals surface area contributed by atoms with Crippen LogP contribution < -0.4 is 4.74 Å². The summed E-state index contributed by atoms with van der Waals surface area (Å²) in [6.07, 6.45) is 1.37. The van der Waals surface area contributed by atoms with E-state index in [4.69, 9.17) is 9.26 Å². The topological polar surface area (TPSA) is 68.5 Å². The van der Waals surface area contributed by atoms with Crippen molar-refractivity contribution in [1.29, 1.82) is 0 Å². The van der Waals surface area contributed by atoms with Crippen molar-refractivity contribution in [2.75, 3.05) is 13.2 Å². The molecular weight excluding hydrogens is 378 g/mol. The molecule has 1 aliphatic heterocycles. The van der Waals surface area contributed by atoms with Crippen molar-refractivity contribution >= 4 is 5.91 Å². The molecule has 6 nitrogen and oxygen atoms in total. The molecule has 156 valence electrons. The highest BCUT2D eigenvalue weighted by atomic mass is 16.5. The van der Waals surface area contributed by atoms with E-state index in [0.29, 0.717) is 37.8 Å². The van der Waals surface area contributed by atoms with Crippen LogP contribution in [0.15, 0.2) is 47.0 Å². The Kier molecular flexibility index (Phi) is 5.84. The summed E-state index contributed by atoms with van der Waals surface area (Å²) in [5.74, 6) is 2.00.